The van der Waals surface area contributed by atoms with Gasteiger partial charge in [0.25, 0.3) is 0 Å². The molecule has 0 aromatic heterocycles. The fourth-order valence-corrected chi connectivity index (χ4v) is 2.27. The first-order valence-electron chi connectivity index (χ1n) is 6.63. The van der Waals surface area contributed by atoms with Gasteiger partial charge in [-0.25, -0.2) is 4.74 Å². The second-order valence-electron chi connectivity index (χ2n) is 4.80. The van der Waals surface area contributed by atoms with Crippen molar-refractivity contribution in [3.63, 3.8) is 0 Å². The summed E-state index contributed by atoms with van der Waals surface area (Å²) in [5.74, 6) is 0. The van der Waals surface area contributed by atoms with Crippen LogP contribution in [0.25, 0.3) is 10.8 Å². The minimum Gasteiger partial charge on any atom is -0.624 e. The molecule has 3 aromatic rings. The number of nitrogens with zero attached hydrogens (tertiary/aromatic N) is 1. The van der Waals surface area contributed by atoms with Crippen molar-refractivity contribution in [2.75, 3.05) is 0 Å². The Hall–Kier alpha value is -2.61. The smallest absolute Gasteiger partial charge is 0.182 e. The van der Waals surface area contributed by atoms with Crippen molar-refractivity contribution in [3.05, 3.63) is 89.1 Å². The molecule has 0 saturated heterocycles. The Kier molecular flexibility index (Phi) is 3.46. The molecule has 0 aliphatic heterocycles. The maximum absolute atomic E-state index is 12.0. The lowest BCUT2D eigenvalue weighted by atomic mass is 10.1. The molecule has 0 N–H and O–H groups in total. The van der Waals surface area contributed by atoms with E-state index >= 15 is 0 Å². The monoisotopic (exact) mass is 261 g/mol. The molecule has 98 valence electrons. The summed E-state index contributed by atoms with van der Waals surface area (Å²) >= 11 is 0. The molecule has 0 saturated carbocycles. The molecule has 0 atom stereocenters. The summed E-state index contributed by atoms with van der Waals surface area (Å²) in [7, 11) is 0. The van der Waals surface area contributed by atoms with Crippen LogP contribution in [0.4, 0.5) is 0 Å². The minimum atomic E-state index is 0.361. The van der Waals surface area contributed by atoms with Crippen LogP contribution in [0.5, 0.6) is 0 Å². The second kappa shape index (κ2) is 5.57. The van der Waals surface area contributed by atoms with E-state index in [1.165, 1.54) is 5.39 Å². The predicted molar refractivity (Wildman–Crippen MR) is 82.9 cm³/mol. The highest BCUT2D eigenvalue weighted by molar-refractivity contribution is 5.83. The highest BCUT2D eigenvalue weighted by atomic mass is 16.5. The van der Waals surface area contributed by atoms with Crippen molar-refractivity contribution in [1.82, 2.24) is 0 Å². The van der Waals surface area contributed by atoms with E-state index in [1.807, 2.05) is 48.5 Å². The number of hydroxylamine groups is 1. The van der Waals surface area contributed by atoms with Crippen LogP contribution in [0.2, 0.25) is 0 Å². The van der Waals surface area contributed by atoms with Gasteiger partial charge in [0.1, 0.15) is 0 Å². The summed E-state index contributed by atoms with van der Waals surface area (Å²) in [6, 6.07) is 23.9. The Balaban J connectivity index is 1.84. The third-order valence-corrected chi connectivity index (χ3v) is 3.24. The van der Waals surface area contributed by atoms with E-state index in [4.69, 9.17) is 0 Å². The van der Waals surface area contributed by atoms with Crippen LogP contribution in [-0.4, -0.2) is 11.0 Å². The van der Waals surface area contributed by atoms with Gasteiger partial charge in [-0.1, -0.05) is 54.6 Å². The van der Waals surface area contributed by atoms with Gasteiger partial charge in [0.2, 0.25) is 0 Å². The van der Waals surface area contributed by atoms with E-state index in [0.29, 0.717) is 6.54 Å². The van der Waals surface area contributed by atoms with Crippen molar-refractivity contribution in [1.29, 1.82) is 0 Å². The Morgan fingerprint density at radius 3 is 2.30 bits per heavy atom. The SMILES string of the molecule is [O-][N+](=Cc1ccccc1)Cc1ccc2ccccc2c1. The van der Waals surface area contributed by atoms with Gasteiger partial charge in [0.05, 0.1) is 0 Å². The fourth-order valence-electron chi connectivity index (χ4n) is 2.27. The molecule has 0 fully saturated rings. The third kappa shape index (κ3) is 2.86. The molecule has 20 heavy (non-hydrogen) atoms. The van der Waals surface area contributed by atoms with Crippen molar-refractivity contribution in [2.45, 2.75) is 6.54 Å². The molecule has 0 radical (unpaired) electrons. The molecule has 0 aliphatic rings. The van der Waals surface area contributed by atoms with Crippen molar-refractivity contribution < 1.29 is 4.74 Å². The highest BCUT2D eigenvalue weighted by Crippen LogP contribution is 2.16. The summed E-state index contributed by atoms with van der Waals surface area (Å²) < 4.78 is 0.972. The van der Waals surface area contributed by atoms with E-state index in [2.05, 4.69) is 24.3 Å². The summed E-state index contributed by atoms with van der Waals surface area (Å²) in [5.41, 5.74) is 1.94. The molecular weight excluding hydrogens is 246 g/mol. The number of hydrogen-bond acceptors (Lipinski definition) is 1. The predicted octanol–water partition coefficient (Wildman–Crippen LogP) is 3.97. The second-order valence-corrected chi connectivity index (χ2v) is 4.80. The zero-order valence-electron chi connectivity index (χ0n) is 11.1. The summed E-state index contributed by atoms with van der Waals surface area (Å²) in [6.07, 6.45) is 1.62. The normalized spacial score (nSPS) is 11.7. The van der Waals surface area contributed by atoms with Gasteiger partial charge in [-0.2, -0.15) is 0 Å². The first-order valence-corrected chi connectivity index (χ1v) is 6.63. The van der Waals surface area contributed by atoms with Gasteiger partial charge in [-0.05, 0) is 29.0 Å². The molecule has 3 rings (SSSR count). The topological polar surface area (TPSA) is 26.1 Å². The van der Waals surface area contributed by atoms with Crippen LogP contribution >= 0.6 is 0 Å². The molecule has 0 spiro atoms. The zero-order valence-corrected chi connectivity index (χ0v) is 11.1. The summed E-state index contributed by atoms with van der Waals surface area (Å²) in [6.45, 7) is 0.361. The fraction of sp³-hybridized carbons (Fsp3) is 0.0556. The van der Waals surface area contributed by atoms with Gasteiger partial charge >= 0.3 is 0 Å². The molecule has 0 amide bonds. The average Bonchev–Trinajstić information content (AvgIpc) is 2.48. The average molecular weight is 261 g/mol. The first kappa shape index (κ1) is 12.4. The lowest BCUT2D eigenvalue weighted by Gasteiger charge is -2.05. The highest BCUT2D eigenvalue weighted by Gasteiger charge is 2.01. The number of rotatable bonds is 3. The first-order chi connectivity index (χ1) is 9.81. The van der Waals surface area contributed by atoms with E-state index in [-0.39, 0.29) is 0 Å². The van der Waals surface area contributed by atoms with Crippen molar-refractivity contribution >= 4 is 17.0 Å². The molecule has 0 bridgehead atoms. The standard InChI is InChI=1S/C18H15NO/c20-19(13-15-6-2-1-3-7-15)14-16-10-11-17-8-4-5-9-18(17)12-16/h1-13H,14H2. The molecular formula is C18H15NO. The lowest BCUT2D eigenvalue weighted by Crippen LogP contribution is -2.05. The molecule has 0 aliphatic carbocycles. The molecule has 2 heteroatoms. The maximum Gasteiger partial charge on any atom is 0.182 e. The van der Waals surface area contributed by atoms with Crippen LogP contribution in [0.15, 0.2) is 72.8 Å². The van der Waals surface area contributed by atoms with Crippen molar-refractivity contribution in [3.8, 4) is 0 Å². The minimum absolute atomic E-state index is 0.361. The molecule has 2 nitrogen and oxygen atoms in total. The van der Waals surface area contributed by atoms with E-state index in [1.54, 1.807) is 6.21 Å². The van der Waals surface area contributed by atoms with Crippen LogP contribution in [-0.2, 0) is 6.54 Å². The van der Waals surface area contributed by atoms with E-state index in [0.717, 1.165) is 21.3 Å². The largest absolute Gasteiger partial charge is 0.624 e. The molecule has 0 heterocycles. The van der Waals surface area contributed by atoms with Gasteiger partial charge in [0, 0.05) is 11.1 Å². The lowest BCUT2D eigenvalue weighted by molar-refractivity contribution is -0.469. The Bertz CT molecular complexity index is 747. The van der Waals surface area contributed by atoms with Crippen LogP contribution in [0.3, 0.4) is 0 Å². The van der Waals surface area contributed by atoms with Crippen molar-refractivity contribution in [2.24, 2.45) is 0 Å². The number of benzene rings is 3. The third-order valence-electron chi connectivity index (χ3n) is 3.24. The number of fused-ring (bicyclic) bond motifs is 1. The zero-order chi connectivity index (χ0) is 13.8. The Labute approximate surface area is 118 Å². The van der Waals surface area contributed by atoms with E-state index < -0.39 is 0 Å². The maximum atomic E-state index is 12.0. The van der Waals surface area contributed by atoms with Gasteiger partial charge in [0.15, 0.2) is 12.8 Å². The van der Waals surface area contributed by atoms with Crippen LogP contribution < -0.4 is 0 Å². The van der Waals surface area contributed by atoms with Gasteiger partial charge in [-0.3, -0.25) is 0 Å². The Morgan fingerprint density at radius 1 is 0.800 bits per heavy atom. The Morgan fingerprint density at radius 2 is 1.50 bits per heavy atom. The van der Waals surface area contributed by atoms with Gasteiger partial charge < -0.3 is 5.21 Å². The quantitative estimate of drug-likeness (QED) is 0.303. The molecule has 0 unspecified atom stereocenters. The summed E-state index contributed by atoms with van der Waals surface area (Å²) in [5, 5.41) is 14.3. The van der Waals surface area contributed by atoms with Gasteiger partial charge in [-0.15, -0.1) is 0 Å². The van der Waals surface area contributed by atoms with Crippen LogP contribution in [0, 0.1) is 5.21 Å². The summed E-state index contributed by atoms with van der Waals surface area (Å²) in [4.78, 5) is 0. The molecule has 3 aromatic carbocycles. The number of hydrogen-bond donors (Lipinski definition) is 0. The van der Waals surface area contributed by atoms with Crippen LogP contribution in [0.1, 0.15) is 11.1 Å². The van der Waals surface area contributed by atoms with E-state index in [9.17, 15) is 5.21 Å².